The molecule has 1 saturated heterocycles. The van der Waals surface area contributed by atoms with Crippen LogP contribution in [0, 0.1) is 5.92 Å². The first-order valence-electron chi connectivity index (χ1n) is 7.34. The van der Waals surface area contributed by atoms with E-state index in [0.717, 1.165) is 25.6 Å². The summed E-state index contributed by atoms with van der Waals surface area (Å²) >= 11 is 0. The smallest absolute Gasteiger partial charge is 0.0900 e. The first-order valence-corrected chi connectivity index (χ1v) is 7.34. The van der Waals surface area contributed by atoms with Gasteiger partial charge in [-0.25, -0.2) is 0 Å². The second-order valence-electron chi connectivity index (χ2n) is 5.98. The van der Waals surface area contributed by atoms with Crippen LogP contribution in [-0.2, 0) is 4.74 Å². The van der Waals surface area contributed by atoms with Crippen molar-refractivity contribution in [3.05, 3.63) is 0 Å². The van der Waals surface area contributed by atoms with Crippen LogP contribution in [0.1, 0.15) is 32.6 Å². The summed E-state index contributed by atoms with van der Waals surface area (Å²) < 4.78 is 4.96. The van der Waals surface area contributed by atoms with Gasteiger partial charge in [0.15, 0.2) is 0 Å². The minimum absolute atomic E-state index is 0.343. The molecule has 2 unspecified atom stereocenters. The zero-order chi connectivity index (χ0) is 13.0. The highest BCUT2D eigenvalue weighted by Crippen LogP contribution is 2.32. The molecular weight excluding hydrogens is 228 g/mol. The number of aliphatic hydroxyl groups is 1. The van der Waals surface area contributed by atoms with Gasteiger partial charge < -0.3 is 20.1 Å². The van der Waals surface area contributed by atoms with Crippen molar-refractivity contribution in [2.75, 3.05) is 33.4 Å². The van der Waals surface area contributed by atoms with Gasteiger partial charge >= 0.3 is 0 Å². The molecule has 0 bridgehead atoms. The van der Waals surface area contributed by atoms with E-state index in [1.54, 1.807) is 7.11 Å². The first-order chi connectivity index (χ1) is 8.69. The number of rotatable bonds is 7. The van der Waals surface area contributed by atoms with E-state index in [2.05, 4.69) is 17.1 Å². The molecule has 0 spiro atoms. The lowest BCUT2D eigenvalue weighted by Crippen LogP contribution is -2.47. The monoisotopic (exact) mass is 256 g/mol. The Kier molecular flexibility index (Phi) is 5.42. The van der Waals surface area contributed by atoms with Crippen molar-refractivity contribution in [1.82, 2.24) is 10.2 Å². The molecule has 0 aromatic rings. The van der Waals surface area contributed by atoms with E-state index in [1.807, 2.05) is 0 Å². The number of methoxy groups -OCH3 is 1. The Morgan fingerprint density at radius 3 is 2.50 bits per heavy atom. The van der Waals surface area contributed by atoms with Crippen molar-refractivity contribution in [3.63, 3.8) is 0 Å². The fourth-order valence-corrected chi connectivity index (χ4v) is 2.93. The highest BCUT2D eigenvalue weighted by molar-refractivity contribution is 4.87. The molecule has 2 N–H and O–H groups in total. The van der Waals surface area contributed by atoms with E-state index < -0.39 is 0 Å². The molecule has 2 rings (SSSR count). The average molecular weight is 256 g/mol. The fourth-order valence-electron chi connectivity index (χ4n) is 2.93. The highest BCUT2D eigenvalue weighted by Gasteiger charge is 2.30. The van der Waals surface area contributed by atoms with Crippen molar-refractivity contribution < 1.29 is 9.84 Å². The quantitative estimate of drug-likeness (QED) is 0.709. The summed E-state index contributed by atoms with van der Waals surface area (Å²) in [6.07, 6.45) is 4.89. The van der Waals surface area contributed by atoms with Crippen LogP contribution < -0.4 is 5.32 Å². The van der Waals surface area contributed by atoms with Gasteiger partial charge in [0.05, 0.1) is 12.7 Å². The zero-order valence-electron chi connectivity index (χ0n) is 11.8. The predicted molar refractivity (Wildman–Crippen MR) is 72.7 cm³/mol. The maximum atomic E-state index is 9.71. The second kappa shape index (κ2) is 6.85. The van der Waals surface area contributed by atoms with Crippen LogP contribution in [0.2, 0.25) is 0 Å². The van der Waals surface area contributed by atoms with Gasteiger partial charge in [-0.2, -0.15) is 0 Å². The number of aliphatic hydroxyl groups excluding tert-OH is 1. The van der Waals surface area contributed by atoms with Crippen molar-refractivity contribution in [3.8, 4) is 0 Å². The van der Waals surface area contributed by atoms with Crippen LogP contribution in [0.4, 0.5) is 0 Å². The summed E-state index contributed by atoms with van der Waals surface area (Å²) in [5, 5.41) is 13.5. The summed E-state index contributed by atoms with van der Waals surface area (Å²) in [6, 6.07) is 1.37. The molecule has 1 aliphatic heterocycles. The van der Waals surface area contributed by atoms with Gasteiger partial charge in [-0.15, -0.1) is 0 Å². The standard InChI is InChI=1S/C14H28N2O2/c1-11(12-3-4-12)15-13-5-7-16(8-6-13)9-14(17)10-18-2/h11-15,17H,3-10H2,1-2H3. The van der Waals surface area contributed by atoms with E-state index >= 15 is 0 Å². The largest absolute Gasteiger partial charge is 0.389 e. The van der Waals surface area contributed by atoms with Gasteiger partial charge in [0.1, 0.15) is 0 Å². The lowest BCUT2D eigenvalue weighted by molar-refractivity contribution is 0.0307. The van der Waals surface area contributed by atoms with E-state index in [9.17, 15) is 5.11 Å². The molecule has 0 aromatic carbocycles. The number of piperidine rings is 1. The van der Waals surface area contributed by atoms with Gasteiger partial charge in [-0.1, -0.05) is 0 Å². The topological polar surface area (TPSA) is 44.7 Å². The molecule has 1 saturated carbocycles. The number of nitrogens with zero attached hydrogens (tertiary/aromatic N) is 1. The SMILES string of the molecule is COCC(O)CN1CCC(NC(C)C2CC2)CC1. The molecule has 0 radical (unpaired) electrons. The predicted octanol–water partition coefficient (Wildman–Crippen LogP) is 0.846. The Balaban J connectivity index is 1.61. The summed E-state index contributed by atoms with van der Waals surface area (Å²) in [7, 11) is 1.64. The Bertz CT molecular complexity index is 238. The van der Waals surface area contributed by atoms with Gasteiger partial charge in [-0.3, -0.25) is 0 Å². The number of ether oxygens (including phenoxy) is 1. The molecule has 0 amide bonds. The minimum atomic E-state index is -0.343. The highest BCUT2D eigenvalue weighted by atomic mass is 16.5. The minimum Gasteiger partial charge on any atom is -0.389 e. The van der Waals surface area contributed by atoms with Crippen LogP contribution in [0.25, 0.3) is 0 Å². The second-order valence-corrected chi connectivity index (χ2v) is 5.98. The number of hydrogen-bond donors (Lipinski definition) is 2. The van der Waals surface area contributed by atoms with E-state index in [-0.39, 0.29) is 6.10 Å². The van der Waals surface area contributed by atoms with Crippen molar-refractivity contribution >= 4 is 0 Å². The number of likely N-dealkylation sites (tertiary alicyclic amines) is 1. The summed E-state index contributed by atoms with van der Waals surface area (Å²) in [5.41, 5.74) is 0. The van der Waals surface area contributed by atoms with E-state index in [0.29, 0.717) is 18.7 Å². The molecule has 106 valence electrons. The maximum absolute atomic E-state index is 9.71. The first kappa shape index (κ1) is 14.3. The molecule has 1 aliphatic carbocycles. The van der Waals surface area contributed by atoms with Gasteiger partial charge in [0.25, 0.3) is 0 Å². The van der Waals surface area contributed by atoms with E-state index in [1.165, 1.54) is 25.7 Å². The summed E-state index contributed by atoms with van der Waals surface area (Å²) in [6.45, 7) is 5.70. The molecule has 0 aromatic heterocycles. The van der Waals surface area contributed by atoms with Crippen LogP contribution in [0.5, 0.6) is 0 Å². The molecule has 18 heavy (non-hydrogen) atoms. The summed E-state index contributed by atoms with van der Waals surface area (Å²) in [4.78, 5) is 2.35. The average Bonchev–Trinajstić information content (AvgIpc) is 3.16. The third-order valence-electron chi connectivity index (χ3n) is 4.24. The third-order valence-corrected chi connectivity index (χ3v) is 4.24. The number of nitrogens with one attached hydrogen (secondary N) is 1. The lowest BCUT2D eigenvalue weighted by atomic mass is 10.0. The molecule has 2 atom stereocenters. The Morgan fingerprint density at radius 2 is 1.94 bits per heavy atom. The molecule has 4 nitrogen and oxygen atoms in total. The third kappa shape index (κ3) is 4.50. The maximum Gasteiger partial charge on any atom is 0.0900 e. The number of β-amino-alcohol motifs (C(OH)–C–C–N with tert-alkyl or cyclic N) is 1. The van der Waals surface area contributed by atoms with Crippen LogP contribution >= 0.6 is 0 Å². The molecule has 1 heterocycles. The number of hydrogen-bond acceptors (Lipinski definition) is 4. The van der Waals surface area contributed by atoms with Crippen LogP contribution in [-0.4, -0.2) is 61.5 Å². The van der Waals surface area contributed by atoms with Crippen molar-refractivity contribution in [2.45, 2.75) is 50.8 Å². The van der Waals surface area contributed by atoms with Crippen LogP contribution in [0.15, 0.2) is 0 Å². The fraction of sp³-hybridized carbons (Fsp3) is 1.00. The van der Waals surface area contributed by atoms with E-state index in [4.69, 9.17) is 4.74 Å². The lowest BCUT2D eigenvalue weighted by Gasteiger charge is -2.34. The Hall–Kier alpha value is -0.160. The molecular formula is C14H28N2O2. The normalized spacial score (nSPS) is 26.2. The molecule has 4 heteroatoms. The zero-order valence-corrected chi connectivity index (χ0v) is 11.8. The summed E-state index contributed by atoms with van der Waals surface area (Å²) in [5.74, 6) is 0.937. The molecule has 2 fully saturated rings. The van der Waals surface area contributed by atoms with Gasteiger partial charge in [0, 0.05) is 25.7 Å². The molecule has 2 aliphatic rings. The van der Waals surface area contributed by atoms with Gasteiger partial charge in [-0.05, 0) is 51.6 Å². The Morgan fingerprint density at radius 1 is 1.28 bits per heavy atom. The van der Waals surface area contributed by atoms with Crippen LogP contribution in [0.3, 0.4) is 0 Å². The van der Waals surface area contributed by atoms with Crippen molar-refractivity contribution in [2.24, 2.45) is 5.92 Å². The Labute approximate surface area is 111 Å². The van der Waals surface area contributed by atoms with Gasteiger partial charge in [0.2, 0.25) is 0 Å². The van der Waals surface area contributed by atoms with Crippen molar-refractivity contribution in [1.29, 1.82) is 0 Å².